The molecule has 0 saturated carbocycles. The Morgan fingerprint density at radius 1 is 0.474 bits per heavy atom. The molecule has 444 valence electrons. The van der Waals surface area contributed by atoms with Crippen molar-refractivity contribution in [3.05, 3.63) is 48.6 Å². The number of unbranched alkanes of at least 4 members (excludes halogenated alkanes) is 35. The SMILES string of the molecule is CCCCC/C=C/CC/C=C/C(O)C(COC1OC(CO)C(O)C(O)C1O)NC(=O)CCCCCCCCCCCC/C=C\CCCCCCCCCCCCCCOC(=O)CCCCCCC/C=C\CCCCCC. The third-order valence-corrected chi connectivity index (χ3v) is 14.9. The number of ether oxygens (including phenoxy) is 3. The Labute approximate surface area is 466 Å². The molecule has 0 aliphatic carbocycles. The normalized spacial score (nSPS) is 19.0. The molecule has 1 heterocycles. The summed E-state index contributed by atoms with van der Waals surface area (Å²) in [4.78, 5) is 25.0. The van der Waals surface area contributed by atoms with Gasteiger partial charge in [0.2, 0.25) is 5.91 Å². The van der Waals surface area contributed by atoms with E-state index < -0.39 is 49.5 Å². The smallest absolute Gasteiger partial charge is 0.305 e. The molecule has 11 nitrogen and oxygen atoms in total. The van der Waals surface area contributed by atoms with Crippen LogP contribution in [0.5, 0.6) is 0 Å². The van der Waals surface area contributed by atoms with E-state index in [0.717, 1.165) is 57.8 Å². The summed E-state index contributed by atoms with van der Waals surface area (Å²) in [6.45, 7) is 4.26. The fourth-order valence-corrected chi connectivity index (χ4v) is 9.79. The first-order valence-electron chi connectivity index (χ1n) is 31.9. The van der Waals surface area contributed by atoms with E-state index >= 15 is 0 Å². The number of allylic oxidation sites excluding steroid dienone is 7. The van der Waals surface area contributed by atoms with E-state index in [0.29, 0.717) is 19.4 Å². The Hall–Kier alpha value is -2.38. The van der Waals surface area contributed by atoms with Crippen molar-refractivity contribution in [2.24, 2.45) is 0 Å². The Bertz CT molecular complexity index is 1400. The van der Waals surface area contributed by atoms with Crippen LogP contribution < -0.4 is 5.32 Å². The van der Waals surface area contributed by atoms with Gasteiger partial charge >= 0.3 is 5.97 Å². The van der Waals surface area contributed by atoms with Gasteiger partial charge in [0.1, 0.15) is 24.4 Å². The lowest BCUT2D eigenvalue weighted by molar-refractivity contribution is -0.302. The lowest BCUT2D eigenvalue weighted by atomic mass is 9.99. The van der Waals surface area contributed by atoms with Gasteiger partial charge in [0, 0.05) is 12.8 Å². The van der Waals surface area contributed by atoms with Crippen LogP contribution in [0.15, 0.2) is 48.6 Å². The van der Waals surface area contributed by atoms with Gasteiger partial charge in [-0.05, 0) is 96.3 Å². The second kappa shape index (κ2) is 54.6. The van der Waals surface area contributed by atoms with Crippen LogP contribution in [0.25, 0.3) is 0 Å². The van der Waals surface area contributed by atoms with Crippen LogP contribution in [-0.2, 0) is 23.8 Å². The fraction of sp³-hybridized carbons (Fsp3) is 0.846. The number of carbonyl (C=O) groups excluding carboxylic acids is 2. The van der Waals surface area contributed by atoms with E-state index in [9.17, 15) is 35.1 Å². The number of aliphatic hydroxyl groups excluding tert-OH is 5. The highest BCUT2D eigenvalue weighted by Crippen LogP contribution is 2.23. The standard InChI is InChI=1S/C65H119NO10/c1-3-5-7-9-11-13-14-29-33-37-41-45-49-53-61(70)74-54-50-46-42-38-34-31-28-26-24-22-20-18-16-15-17-19-21-23-25-27-30-32-36-40-44-48-52-60(69)66-57(58(68)51-47-43-39-35-12-10-8-6-4-2)56-75-65-64(73)63(72)62(71)59(55-67)76-65/h12-15,17,35,47,51,57-59,62-65,67-68,71-73H,3-11,16,18-34,36-46,48-50,52-56H2,1-2H3,(H,66,69)/b14-13-,17-15-,35-12+,51-47+. The maximum Gasteiger partial charge on any atom is 0.305 e. The second-order valence-corrected chi connectivity index (χ2v) is 22.1. The molecule has 0 bridgehead atoms. The van der Waals surface area contributed by atoms with Crippen molar-refractivity contribution in [3.63, 3.8) is 0 Å². The average molecular weight is 1070 g/mol. The van der Waals surface area contributed by atoms with Crippen LogP contribution in [0.1, 0.15) is 290 Å². The van der Waals surface area contributed by atoms with E-state index in [4.69, 9.17) is 14.2 Å². The summed E-state index contributed by atoms with van der Waals surface area (Å²) in [6.07, 6.45) is 59.6. The summed E-state index contributed by atoms with van der Waals surface area (Å²) < 4.78 is 16.7. The topological polar surface area (TPSA) is 175 Å². The molecule has 0 aromatic rings. The molecule has 1 fully saturated rings. The molecule has 1 aliphatic heterocycles. The van der Waals surface area contributed by atoms with E-state index in [1.807, 2.05) is 6.08 Å². The molecule has 1 rings (SSSR count). The molecule has 0 spiro atoms. The minimum Gasteiger partial charge on any atom is -0.466 e. The molecule has 11 heteroatoms. The van der Waals surface area contributed by atoms with Crippen molar-refractivity contribution in [2.75, 3.05) is 19.8 Å². The van der Waals surface area contributed by atoms with Gasteiger partial charge < -0.3 is 45.1 Å². The number of esters is 1. The molecule has 0 aromatic carbocycles. The summed E-state index contributed by atoms with van der Waals surface area (Å²) in [6, 6.07) is -0.828. The maximum atomic E-state index is 13.0. The third-order valence-electron chi connectivity index (χ3n) is 14.9. The van der Waals surface area contributed by atoms with E-state index in [2.05, 4.69) is 55.6 Å². The number of rotatable bonds is 55. The van der Waals surface area contributed by atoms with Crippen molar-refractivity contribution in [2.45, 2.75) is 333 Å². The molecule has 76 heavy (non-hydrogen) atoms. The Balaban J connectivity index is 1.97. The monoisotopic (exact) mass is 1070 g/mol. The molecule has 1 aliphatic rings. The van der Waals surface area contributed by atoms with E-state index in [1.165, 1.54) is 205 Å². The second-order valence-electron chi connectivity index (χ2n) is 22.1. The lowest BCUT2D eigenvalue weighted by Crippen LogP contribution is -2.60. The van der Waals surface area contributed by atoms with Crippen LogP contribution in [-0.4, -0.2) is 100 Å². The number of nitrogens with one attached hydrogen (secondary N) is 1. The highest BCUT2D eigenvalue weighted by Gasteiger charge is 2.44. The Kier molecular flexibility index (Phi) is 51.4. The lowest BCUT2D eigenvalue weighted by Gasteiger charge is -2.40. The number of aliphatic hydroxyl groups is 5. The van der Waals surface area contributed by atoms with Crippen LogP contribution in [0.4, 0.5) is 0 Å². The van der Waals surface area contributed by atoms with Gasteiger partial charge in [0.05, 0.1) is 32.0 Å². The van der Waals surface area contributed by atoms with Gasteiger partial charge in [-0.2, -0.15) is 0 Å². The van der Waals surface area contributed by atoms with Crippen LogP contribution >= 0.6 is 0 Å². The van der Waals surface area contributed by atoms with Gasteiger partial charge in [0.25, 0.3) is 0 Å². The zero-order chi connectivity index (χ0) is 55.2. The molecule has 0 aromatic heterocycles. The maximum absolute atomic E-state index is 13.0. The highest BCUT2D eigenvalue weighted by molar-refractivity contribution is 5.76. The summed E-state index contributed by atoms with van der Waals surface area (Å²) in [5.41, 5.74) is 0. The molecular formula is C65H119NO10. The van der Waals surface area contributed by atoms with Crippen LogP contribution in [0, 0.1) is 0 Å². The summed E-state index contributed by atoms with van der Waals surface area (Å²) in [5, 5.41) is 54.2. The van der Waals surface area contributed by atoms with Crippen molar-refractivity contribution in [1.29, 1.82) is 0 Å². The first-order chi connectivity index (χ1) is 37.2. The number of hydrogen-bond acceptors (Lipinski definition) is 10. The van der Waals surface area contributed by atoms with E-state index in [1.54, 1.807) is 6.08 Å². The third kappa shape index (κ3) is 43.5. The average Bonchev–Trinajstić information content (AvgIpc) is 3.42. The minimum absolute atomic E-state index is 0.00580. The van der Waals surface area contributed by atoms with Crippen molar-refractivity contribution in [3.8, 4) is 0 Å². The zero-order valence-electron chi connectivity index (χ0n) is 49.0. The molecule has 7 unspecified atom stereocenters. The van der Waals surface area contributed by atoms with Crippen LogP contribution in [0.2, 0.25) is 0 Å². The first kappa shape index (κ1) is 71.6. The molecule has 6 N–H and O–H groups in total. The predicted molar refractivity (Wildman–Crippen MR) is 315 cm³/mol. The minimum atomic E-state index is -1.58. The fourth-order valence-electron chi connectivity index (χ4n) is 9.79. The largest absolute Gasteiger partial charge is 0.466 e. The zero-order valence-corrected chi connectivity index (χ0v) is 49.0. The molecular weight excluding hydrogens is 955 g/mol. The van der Waals surface area contributed by atoms with Gasteiger partial charge in [-0.15, -0.1) is 0 Å². The molecule has 1 saturated heterocycles. The Morgan fingerprint density at radius 3 is 1.33 bits per heavy atom. The summed E-state index contributed by atoms with van der Waals surface area (Å²) >= 11 is 0. The number of carbonyl (C=O) groups is 2. The van der Waals surface area contributed by atoms with Crippen LogP contribution in [0.3, 0.4) is 0 Å². The van der Waals surface area contributed by atoms with Gasteiger partial charge in [-0.3, -0.25) is 9.59 Å². The molecule has 1 amide bonds. The van der Waals surface area contributed by atoms with Crippen molar-refractivity contribution < 1.29 is 49.3 Å². The van der Waals surface area contributed by atoms with Gasteiger partial charge in [-0.25, -0.2) is 0 Å². The van der Waals surface area contributed by atoms with Gasteiger partial charge in [0.15, 0.2) is 6.29 Å². The van der Waals surface area contributed by atoms with Gasteiger partial charge in [-0.1, -0.05) is 229 Å². The van der Waals surface area contributed by atoms with Crippen molar-refractivity contribution in [1.82, 2.24) is 5.32 Å². The van der Waals surface area contributed by atoms with Crippen molar-refractivity contribution >= 4 is 11.9 Å². The first-order valence-corrected chi connectivity index (χ1v) is 31.9. The van der Waals surface area contributed by atoms with E-state index in [-0.39, 0.29) is 18.5 Å². The Morgan fingerprint density at radius 2 is 0.855 bits per heavy atom. The predicted octanol–water partition coefficient (Wildman–Crippen LogP) is 15.2. The molecule has 7 atom stereocenters. The highest BCUT2D eigenvalue weighted by atomic mass is 16.7. The summed E-state index contributed by atoms with van der Waals surface area (Å²) in [5.74, 6) is -0.202. The number of amides is 1. The number of hydrogen-bond donors (Lipinski definition) is 6. The quantitative estimate of drug-likeness (QED) is 0.0195. The molecule has 0 radical (unpaired) electrons. The summed E-state index contributed by atoms with van der Waals surface area (Å²) in [7, 11) is 0.